The number of nitrogens with one attached hydrogen (secondary N) is 1. The van der Waals surface area contributed by atoms with Crippen molar-refractivity contribution in [3.05, 3.63) is 40.5 Å². The molecule has 0 unspecified atom stereocenters. The summed E-state index contributed by atoms with van der Waals surface area (Å²) in [5.41, 5.74) is 0.609. The number of nitrogens with zero attached hydrogens (tertiary/aromatic N) is 1. The second-order valence-corrected chi connectivity index (χ2v) is 6.70. The molecule has 1 N–H and O–H groups in total. The zero-order valence-electron chi connectivity index (χ0n) is 12.6. The number of aromatic nitrogens is 1. The molecule has 0 spiro atoms. The number of pyridine rings is 1. The number of ether oxygens (including phenoxy) is 1. The highest BCUT2D eigenvalue weighted by Gasteiger charge is 2.17. The van der Waals surface area contributed by atoms with Gasteiger partial charge in [-0.2, -0.15) is 0 Å². The number of carbonyl (C=O) groups excluding carboxylic acids is 2. The number of hydrogen-bond donors (Lipinski definition) is 1. The molecule has 6 heteroatoms. The van der Waals surface area contributed by atoms with Crippen LogP contribution in [-0.4, -0.2) is 29.0 Å². The maximum Gasteiger partial charge on any atom is 0.325 e. The molecule has 1 heterocycles. The van der Waals surface area contributed by atoms with Crippen LogP contribution in [0.3, 0.4) is 0 Å². The lowest BCUT2D eigenvalue weighted by atomic mass is 10.1. The number of halogens is 1. The van der Waals surface area contributed by atoms with Gasteiger partial charge in [0, 0.05) is 16.1 Å². The van der Waals surface area contributed by atoms with Crippen molar-refractivity contribution in [1.82, 2.24) is 10.3 Å². The molecule has 1 aromatic heterocycles. The molecule has 2 rings (SSSR count). The largest absolute Gasteiger partial charge is 0.459 e. The van der Waals surface area contributed by atoms with Gasteiger partial charge in [0.05, 0.1) is 11.1 Å². The number of carbonyl (C=O) groups is 2. The first-order valence-electron chi connectivity index (χ1n) is 6.80. The minimum Gasteiger partial charge on any atom is -0.459 e. The first-order valence-corrected chi connectivity index (χ1v) is 7.60. The highest BCUT2D eigenvalue weighted by molar-refractivity contribution is 9.10. The van der Waals surface area contributed by atoms with Crippen molar-refractivity contribution in [3.63, 3.8) is 0 Å². The van der Waals surface area contributed by atoms with Gasteiger partial charge in [-0.05, 0) is 39.0 Å². The van der Waals surface area contributed by atoms with Crippen molar-refractivity contribution in [1.29, 1.82) is 0 Å². The normalized spacial score (nSPS) is 11.3. The Morgan fingerprint density at radius 1 is 1.27 bits per heavy atom. The molecule has 0 aliphatic carbocycles. The maximum absolute atomic E-state index is 12.3. The minimum atomic E-state index is -0.572. The van der Waals surface area contributed by atoms with Crippen molar-refractivity contribution >= 4 is 38.7 Å². The Hall–Kier alpha value is -1.95. The topological polar surface area (TPSA) is 68.3 Å². The molecule has 1 amide bonds. The van der Waals surface area contributed by atoms with E-state index < -0.39 is 11.6 Å². The summed E-state index contributed by atoms with van der Waals surface area (Å²) in [5.74, 6) is -0.803. The van der Waals surface area contributed by atoms with Gasteiger partial charge in [-0.1, -0.05) is 22.0 Å². The fourth-order valence-electron chi connectivity index (χ4n) is 1.94. The Kier molecular flexibility index (Phi) is 4.81. The summed E-state index contributed by atoms with van der Waals surface area (Å²) in [6.45, 7) is 5.17. The number of fused-ring (bicyclic) bond motifs is 1. The van der Waals surface area contributed by atoms with Crippen molar-refractivity contribution in [2.75, 3.05) is 6.54 Å². The molecule has 0 atom stereocenters. The summed E-state index contributed by atoms with van der Waals surface area (Å²) >= 11 is 3.37. The molecule has 116 valence electrons. The van der Waals surface area contributed by atoms with E-state index in [1.165, 1.54) is 0 Å². The molecule has 0 aliphatic heterocycles. The predicted octanol–water partition coefficient (Wildman–Crippen LogP) is 3.07. The van der Waals surface area contributed by atoms with Gasteiger partial charge in [-0.25, -0.2) is 0 Å². The summed E-state index contributed by atoms with van der Waals surface area (Å²) in [6, 6.07) is 7.12. The molecular formula is C16H17BrN2O3. The number of hydrogen-bond acceptors (Lipinski definition) is 4. The van der Waals surface area contributed by atoms with Crippen molar-refractivity contribution < 1.29 is 14.3 Å². The van der Waals surface area contributed by atoms with Crippen LogP contribution in [0.1, 0.15) is 31.1 Å². The molecule has 0 aliphatic rings. The average molecular weight is 365 g/mol. The zero-order valence-corrected chi connectivity index (χ0v) is 14.2. The van der Waals surface area contributed by atoms with Crippen LogP contribution < -0.4 is 5.32 Å². The van der Waals surface area contributed by atoms with E-state index in [2.05, 4.69) is 26.2 Å². The second kappa shape index (κ2) is 6.44. The van der Waals surface area contributed by atoms with Crippen LogP contribution in [0.5, 0.6) is 0 Å². The van der Waals surface area contributed by atoms with E-state index in [1.807, 2.05) is 18.2 Å². The predicted molar refractivity (Wildman–Crippen MR) is 87.6 cm³/mol. The van der Waals surface area contributed by atoms with E-state index in [4.69, 9.17) is 4.74 Å². The van der Waals surface area contributed by atoms with Crippen LogP contribution in [0.4, 0.5) is 0 Å². The lowest BCUT2D eigenvalue weighted by molar-refractivity contribution is -0.153. The lowest BCUT2D eigenvalue weighted by Gasteiger charge is -2.19. The van der Waals surface area contributed by atoms with E-state index in [-0.39, 0.29) is 12.5 Å². The molecule has 5 nitrogen and oxygen atoms in total. The third-order valence-corrected chi connectivity index (χ3v) is 3.26. The summed E-state index contributed by atoms with van der Waals surface area (Å²) in [5, 5.41) is 3.30. The second-order valence-electron chi connectivity index (χ2n) is 5.79. The molecule has 1 aromatic carbocycles. The van der Waals surface area contributed by atoms with Crippen LogP contribution in [0.25, 0.3) is 10.9 Å². The van der Waals surface area contributed by atoms with E-state index in [1.54, 1.807) is 33.0 Å². The number of rotatable bonds is 3. The lowest BCUT2D eigenvalue weighted by Crippen LogP contribution is -2.34. The summed E-state index contributed by atoms with van der Waals surface area (Å²) in [4.78, 5) is 28.1. The first kappa shape index (κ1) is 16.4. The monoisotopic (exact) mass is 364 g/mol. The van der Waals surface area contributed by atoms with Gasteiger partial charge >= 0.3 is 5.97 Å². The third-order valence-electron chi connectivity index (χ3n) is 2.76. The highest BCUT2D eigenvalue weighted by Crippen LogP contribution is 2.21. The maximum atomic E-state index is 12.3. The fraction of sp³-hybridized carbons (Fsp3) is 0.312. The molecule has 0 bridgehead atoms. The summed E-state index contributed by atoms with van der Waals surface area (Å²) < 4.78 is 6.04. The first-order chi connectivity index (χ1) is 10.3. The SMILES string of the molecule is CC(C)(C)OC(=O)CNC(=O)c1ccnc2cc(Br)ccc12. The number of amides is 1. The van der Waals surface area contributed by atoms with E-state index in [0.717, 1.165) is 9.86 Å². The number of benzene rings is 1. The Morgan fingerprint density at radius 3 is 2.68 bits per heavy atom. The van der Waals surface area contributed by atoms with Gasteiger partial charge in [0.1, 0.15) is 12.1 Å². The van der Waals surface area contributed by atoms with Gasteiger partial charge in [0.25, 0.3) is 5.91 Å². The summed E-state index contributed by atoms with van der Waals surface area (Å²) in [7, 11) is 0. The van der Waals surface area contributed by atoms with Crippen LogP contribution in [-0.2, 0) is 9.53 Å². The Morgan fingerprint density at radius 2 is 2.00 bits per heavy atom. The van der Waals surface area contributed by atoms with Crippen molar-refractivity contribution in [2.24, 2.45) is 0 Å². The average Bonchev–Trinajstić information content (AvgIpc) is 2.42. The van der Waals surface area contributed by atoms with Gasteiger partial charge in [0.15, 0.2) is 0 Å². The van der Waals surface area contributed by atoms with Gasteiger partial charge in [-0.15, -0.1) is 0 Å². The zero-order chi connectivity index (χ0) is 16.3. The molecule has 0 radical (unpaired) electrons. The van der Waals surface area contributed by atoms with Gasteiger partial charge < -0.3 is 10.1 Å². The quantitative estimate of drug-likeness (QED) is 0.849. The molecule has 0 fully saturated rings. The molecule has 22 heavy (non-hydrogen) atoms. The fourth-order valence-corrected chi connectivity index (χ4v) is 2.29. The molecule has 2 aromatic rings. The van der Waals surface area contributed by atoms with E-state index in [0.29, 0.717) is 11.1 Å². The summed E-state index contributed by atoms with van der Waals surface area (Å²) in [6.07, 6.45) is 1.57. The smallest absolute Gasteiger partial charge is 0.325 e. The van der Waals surface area contributed by atoms with Crippen molar-refractivity contribution in [2.45, 2.75) is 26.4 Å². The molecule has 0 saturated heterocycles. The van der Waals surface area contributed by atoms with Crippen LogP contribution in [0, 0.1) is 0 Å². The molecular weight excluding hydrogens is 348 g/mol. The third kappa shape index (κ3) is 4.27. The standard InChI is InChI=1S/C16H17BrN2O3/c1-16(2,3)22-14(20)9-19-15(21)12-6-7-18-13-8-10(17)4-5-11(12)13/h4-8H,9H2,1-3H3,(H,19,21). The molecule has 0 saturated carbocycles. The van der Waals surface area contributed by atoms with Crippen LogP contribution in [0.15, 0.2) is 34.9 Å². The minimum absolute atomic E-state index is 0.170. The van der Waals surface area contributed by atoms with Crippen LogP contribution >= 0.6 is 15.9 Å². The van der Waals surface area contributed by atoms with Gasteiger partial charge in [-0.3, -0.25) is 14.6 Å². The van der Waals surface area contributed by atoms with Crippen molar-refractivity contribution in [3.8, 4) is 0 Å². The Balaban J connectivity index is 2.12. The Bertz CT molecular complexity index is 723. The number of esters is 1. The van der Waals surface area contributed by atoms with E-state index >= 15 is 0 Å². The van der Waals surface area contributed by atoms with E-state index in [9.17, 15) is 9.59 Å². The van der Waals surface area contributed by atoms with Crippen LogP contribution in [0.2, 0.25) is 0 Å². The van der Waals surface area contributed by atoms with Gasteiger partial charge in [0.2, 0.25) is 0 Å². The highest BCUT2D eigenvalue weighted by atomic mass is 79.9. The Labute approximate surface area is 137 Å².